The molecule has 1 fully saturated rings. The highest BCUT2D eigenvalue weighted by Gasteiger charge is 2.31. The fourth-order valence-corrected chi connectivity index (χ4v) is 5.57. The minimum atomic E-state index is -0.0614. The van der Waals surface area contributed by atoms with Crippen molar-refractivity contribution in [1.29, 1.82) is 0 Å². The summed E-state index contributed by atoms with van der Waals surface area (Å²) in [5.41, 5.74) is 2.19. The number of fused-ring (bicyclic) bond motifs is 1. The van der Waals surface area contributed by atoms with Crippen LogP contribution in [0.1, 0.15) is 58.6 Å². The predicted octanol–water partition coefficient (Wildman–Crippen LogP) is 4.97. The first-order valence-electron chi connectivity index (χ1n) is 10.1. The Labute approximate surface area is 182 Å². The standard InChI is InChI=1S/C22H23N5OS2/c1-12-13(2)29-21-17(12)20(28)23-18(24-21)14(3)30-22-26-25-19(16-9-10-16)27(22)11-15-7-5-4-6-8-15/h4-8,14,16H,9-11H2,1-3H3,(H,23,24,28)/t14-/m1/s1. The molecule has 0 saturated heterocycles. The molecular weight excluding hydrogens is 414 g/mol. The number of aromatic amines is 1. The second-order valence-electron chi connectivity index (χ2n) is 7.86. The number of rotatable bonds is 6. The van der Waals surface area contributed by atoms with Crippen molar-refractivity contribution in [2.45, 2.75) is 56.5 Å². The number of nitrogens with one attached hydrogen (secondary N) is 1. The molecule has 1 N–H and O–H groups in total. The van der Waals surface area contributed by atoms with Crippen LogP contribution in [0.4, 0.5) is 0 Å². The van der Waals surface area contributed by atoms with E-state index in [1.165, 1.54) is 18.4 Å². The van der Waals surface area contributed by atoms with Crippen LogP contribution in [-0.2, 0) is 6.54 Å². The van der Waals surface area contributed by atoms with Gasteiger partial charge in [-0.1, -0.05) is 42.1 Å². The van der Waals surface area contributed by atoms with Gasteiger partial charge >= 0.3 is 0 Å². The molecule has 1 aliphatic carbocycles. The molecule has 154 valence electrons. The van der Waals surface area contributed by atoms with E-state index in [1.54, 1.807) is 23.1 Å². The summed E-state index contributed by atoms with van der Waals surface area (Å²) >= 11 is 3.18. The van der Waals surface area contributed by atoms with Gasteiger partial charge < -0.3 is 9.55 Å². The monoisotopic (exact) mass is 437 g/mol. The second kappa shape index (κ2) is 7.67. The van der Waals surface area contributed by atoms with E-state index in [0.717, 1.165) is 32.8 Å². The number of aromatic nitrogens is 5. The quantitative estimate of drug-likeness (QED) is 0.431. The van der Waals surface area contributed by atoms with Gasteiger partial charge in [0.25, 0.3) is 5.56 Å². The molecule has 0 aliphatic heterocycles. The molecule has 0 spiro atoms. The van der Waals surface area contributed by atoms with Crippen LogP contribution in [0.2, 0.25) is 0 Å². The smallest absolute Gasteiger partial charge is 0.259 e. The summed E-state index contributed by atoms with van der Waals surface area (Å²) in [6.45, 7) is 6.82. The maximum absolute atomic E-state index is 12.7. The van der Waals surface area contributed by atoms with Gasteiger partial charge in [-0.15, -0.1) is 21.5 Å². The molecule has 6 nitrogen and oxygen atoms in total. The molecule has 4 aromatic rings. The first-order chi connectivity index (χ1) is 14.5. The number of thioether (sulfide) groups is 1. The van der Waals surface area contributed by atoms with Crippen LogP contribution in [0.15, 0.2) is 40.3 Å². The van der Waals surface area contributed by atoms with Crippen molar-refractivity contribution in [3.8, 4) is 0 Å². The number of hydrogen-bond donors (Lipinski definition) is 1. The third-order valence-corrected chi connectivity index (χ3v) is 7.79. The Morgan fingerprint density at radius 3 is 2.73 bits per heavy atom. The summed E-state index contributed by atoms with van der Waals surface area (Å²) in [5, 5.41) is 10.5. The maximum atomic E-state index is 12.7. The Morgan fingerprint density at radius 2 is 2.00 bits per heavy atom. The highest BCUT2D eigenvalue weighted by Crippen LogP contribution is 2.42. The molecule has 3 aromatic heterocycles. The third-order valence-electron chi connectivity index (χ3n) is 5.60. The number of thiophene rings is 1. The Morgan fingerprint density at radius 1 is 1.23 bits per heavy atom. The van der Waals surface area contributed by atoms with Gasteiger partial charge in [-0.05, 0) is 44.7 Å². The lowest BCUT2D eigenvalue weighted by atomic mass is 10.2. The van der Waals surface area contributed by atoms with E-state index >= 15 is 0 Å². The van der Waals surface area contributed by atoms with Crippen molar-refractivity contribution >= 4 is 33.3 Å². The number of H-pyrrole nitrogens is 1. The molecule has 0 amide bonds. The topological polar surface area (TPSA) is 76.5 Å². The predicted molar refractivity (Wildman–Crippen MR) is 122 cm³/mol. The van der Waals surface area contributed by atoms with Gasteiger partial charge in [-0.25, -0.2) is 4.98 Å². The summed E-state index contributed by atoms with van der Waals surface area (Å²) in [6, 6.07) is 10.4. The number of benzene rings is 1. The van der Waals surface area contributed by atoms with Gasteiger partial charge in [-0.3, -0.25) is 4.79 Å². The molecule has 1 saturated carbocycles. The van der Waals surface area contributed by atoms with E-state index in [-0.39, 0.29) is 10.8 Å². The summed E-state index contributed by atoms with van der Waals surface area (Å²) in [4.78, 5) is 22.4. The maximum Gasteiger partial charge on any atom is 0.259 e. The average molecular weight is 438 g/mol. The molecule has 1 aromatic carbocycles. The molecule has 1 atom stereocenters. The first-order valence-corrected chi connectivity index (χ1v) is 11.8. The Bertz CT molecular complexity index is 1270. The van der Waals surface area contributed by atoms with Crippen molar-refractivity contribution < 1.29 is 0 Å². The van der Waals surface area contributed by atoms with E-state index in [0.29, 0.717) is 17.1 Å². The van der Waals surface area contributed by atoms with Crippen molar-refractivity contribution in [1.82, 2.24) is 24.7 Å². The van der Waals surface area contributed by atoms with Crippen molar-refractivity contribution in [2.75, 3.05) is 0 Å². The van der Waals surface area contributed by atoms with Gasteiger partial charge in [0.05, 0.1) is 17.2 Å². The van der Waals surface area contributed by atoms with Crippen LogP contribution in [0.25, 0.3) is 10.2 Å². The van der Waals surface area contributed by atoms with E-state index in [1.807, 2.05) is 19.9 Å². The van der Waals surface area contributed by atoms with Crippen LogP contribution >= 0.6 is 23.1 Å². The summed E-state index contributed by atoms with van der Waals surface area (Å²) in [6.07, 6.45) is 2.35. The molecule has 0 unspecified atom stereocenters. The zero-order valence-electron chi connectivity index (χ0n) is 17.2. The van der Waals surface area contributed by atoms with Crippen LogP contribution < -0.4 is 5.56 Å². The van der Waals surface area contributed by atoms with Gasteiger partial charge in [0.15, 0.2) is 5.16 Å². The fourth-order valence-electron chi connectivity index (χ4n) is 3.62. The van der Waals surface area contributed by atoms with Gasteiger partial charge in [0.2, 0.25) is 0 Å². The lowest BCUT2D eigenvalue weighted by molar-refractivity contribution is 0.666. The van der Waals surface area contributed by atoms with Gasteiger partial charge in [0.1, 0.15) is 16.5 Å². The molecule has 8 heteroatoms. The summed E-state index contributed by atoms with van der Waals surface area (Å²) in [5.74, 6) is 2.26. The Hall–Kier alpha value is -2.45. The molecule has 30 heavy (non-hydrogen) atoms. The highest BCUT2D eigenvalue weighted by atomic mass is 32.2. The van der Waals surface area contributed by atoms with Crippen LogP contribution in [0.5, 0.6) is 0 Å². The number of aryl methyl sites for hydroxylation is 2. The first kappa shape index (κ1) is 19.5. The lowest BCUT2D eigenvalue weighted by Crippen LogP contribution is -2.13. The molecule has 0 radical (unpaired) electrons. The van der Waals surface area contributed by atoms with Gasteiger partial charge in [0, 0.05) is 10.8 Å². The summed E-state index contributed by atoms with van der Waals surface area (Å²) in [7, 11) is 0. The van der Waals surface area contributed by atoms with E-state index < -0.39 is 0 Å². The molecular formula is C22H23N5OS2. The fraction of sp³-hybridized carbons (Fsp3) is 0.364. The average Bonchev–Trinajstić information content (AvgIpc) is 3.44. The van der Waals surface area contributed by atoms with E-state index in [2.05, 4.69) is 50.9 Å². The van der Waals surface area contributed by atoms with Crippen molar-refractivity contribution in [3.05, 3.63) is 68.3 Å². The normalized spacial score (nSPS) is 15.0. The molecule has 0 bridgehead atoms. The third kappa shape index (κ3) is 3.58. The van der Waals surface area contributed by atoms with Crippen LogP contribution in [0, 0.1) is 13.8 Å². The van der Waals surface area contributed by atoms with E-state index in [4.69, 9.17) is 4.98 Å². The van der Waals surface area contributed by atoms with Crippen molar-refractivity contribution in [3.63, 3.8) is 0 Å². The SMILES string of the molecule is Cc1sc2nc([C@@H](C)Sc3nnc(C4CC4)n3Cc3ccccc3)[nH]c(=O)c2c1C. The largest absolute Gasteiger partial charge is 0.309 e. The second-order valence-corrected chi connectivity index (χ2v) is 10.4. The highest BCUT2D eigenvalue weighted by molar-refractivity contribution is 7.99. The molecule has 3 heterocycles. The minimum absolute atomic E-state index is 0.0458. The molecule has 5 rings (SSSR count). The molecule has 1 aliphatic rings. The minimum Gasteiger partial charge on any atom is -0.309 e. The Balaban J connectivity index is 1.47. The lowest BCUT2D eigenvalue weighted by Gasteiger charge is -2.13. The Kier molecular flexibility index (Phi) is 4.99. The van der Waals surface area contributed by atoms with E-state index in [9.17, 15) is 4.79 Å². The number of nitrogens with zero attached hydrogens (tertiary/aromatic N) is 4. The zero-order valence-corrected chi connectivity index (χ0v) is 18.8. The van der Waals surface area contributed by atoms with Crippen LogP contribution in [0.3, 0.4) is 0 Å². The van der Waals surface area contributed by atoms with Crippen LogP contribution in [-0.4, -0.2) is 24.7 Å². The van der Waals surface area contributed by atoms with Crippen molar-refractivity contribution in [2.24, 2.45) is 0 Å². The van der Waals surface area contributed by atoms with Gasteiger partial charge in [-0.2, -0.15) is 0 Å². The number of hydrogen-bond acceptors (Lipinski definition) is 6. The zero-order chi connectivity index (χ0) is 20.8. The summed E-state index contributed by atoms with van der Waals surface area (Å²) < 4.78 is 2.23.